The summed E-state index contributed by atoms with van der Waals surface area (Å²) < 4.78 is 1.90. The fraction of sp³-hybridized carbons (Fsp3) is 0.591. The molecule has 2 aromatic rings. The third-order valence-corrected chi connectivity index (χ3v) is 5.68. The fourth-order valence-electron chi connectivity index (χ4n) is 4.02. The lowest BCUT2D eigenvalue weighted by Gasteiger charge is -2.26. The number of nitrogens with one attached hydrogen (secondary N) is 1. The van der Waals surface area contributed by atoms with E-state index in [4.69, 9.17) is 4.98 Å². The minimum absolute atomic E-state index is 0.0886. The largest absolute Gasteiger partial charge is 0.352 e. The van der Waals surface area contributed by atoms with Gasteiger partial charge in [0.25, 0.3) is 5.91 Å². The van der Waals surface area contributed by atoms with Gasteiger partial charge < -0.3 is 5.32 Å². The Bertz CT molecular complexity index is 836. The molecule has 0 radical (unpaired) electrons. The Labute approximate surface area is 167 Å². The highest BCUT2D eigenvalue weighted by atomic mass is 16.2. The van der Waals surface area contributed by atoms with Gasteiger partial charge in [-0.3, -0.25) is 18.9 Å². The summed E-state index contributed by atoms with van der Waals surface area (Å²) in [6, 6.07) is 3.66. The van der Waals surface area contributed by atoms with Gasteiger partial charge in [0.1, 0.15) is 11.5 Å². The quantitative estimate of drug-likeness (QED) is 0.735. The van der Waals surface area contributed by atoms with Crippen LogP contribution >= 0.6 is 0 Å². The molecule has 0 unspecified atom stereocenters. The molecule has 0 aliphatic heterocycles. The second kappa shape index (κ2) is 9.22. The van der Waals surface area contributed by atoms with Crippen LogP contribution in [0, 0.1) is 5.92 Å². The first-order valence-electron chi connectivity index (χ1n) is 10.6. The van der Waals surface area contributed by atoms with Crippen LogP contribution in [0.15, 0.2) is 18.3 Å². The minimum atomic E-state index is -0.0886. The molecule has 2 amide bonds. The van der Waals surface area contributed by atoms with Gasteiger partial charge in [0.2, 0.25) is 5.91 Å². The van der Waals surface area contributed by atoms with E-state index < -0.39 is 0 Å². The summed E-state index contributed by atoms with van der Waals surface area (Å²) in [4.78, 5) is 32.0. The van der Waals surface area contributed by atoms with Crippen molar-refractivity contribution < 1.29 is 9.59 Å². The Morgan fingerprint density at radius 3 is 2.64 bits per heavy atom. The van der Waals surface area contributed by atoms with E-state index >= 15 is 0 Å². The van der Waals surface area contributed by atoms with Gasteiger partial charge in [-0.2, -0.15) is 0 Å². The molecular formula is C22H32N4O2. The zero-order chi connectivity index (χ0) is 20.1. The van der Waals surface area contributed by atoms with Crippen LogP contribution in [-0.4, -0.2) is 34.8 Å². The Morgan fingerprint density at radius 2 is 1.96 bits per heavy atom. The van der Waals surface area contributed by atoms with Gasteiger partial charge in [0, 0.05) is 25.7 Å². The van der Waals surface area contributed by atoms with Crippen LogP contribution in [-0.2, 0) is 11.2 Å². The second-order valence-corrected chi connectivity index (χ2v) is 7.72. The molecule has 0 aromatic carbocycles. The van der Waals surface area contributed by atoms with E-state index in [1.54, 1.807) is 11.0 Å². The fourth-order valence-corrected chi connectivity index (χ4v) is 4.02. The number of amides is 2. The van der Waals surface area contributed by atoms with Crippen LogP contribution in [0.3, 0.4) is 0 Å². The number of aryl methyl sites for hydroxylation is 1. The van der Waals surface area contributed by atoms with Crippen molar-refractivity contribution in [3.63, 3.8) is 0 Å². The van der Waals surface area contributed by atoms with Crippen LogP contribution in [0.4, 0.5) is 5.82 Å². The summed E-state index contributed by atoms with van der Waals surface area (Å²) in [5, 5.41) is 2.96. The normalized spacial score (nSPS) is 15.0. The monoisotopic (exact) mass is 384 g/mol. The number of pyridine rings is 1. The van der Waals surface area contributed by atoms with Crippen LogP contribution in [0.25, 0.3) is 5.65 Å². The van der Waals surface area contributed by atoms with Crippen molar-refractivity contribution in [3.05, 3.63) is 29.6 Å². The third kappa shape index (κ3) is 4.21. The average Bonchev–Trinajstić information content (AvgIpc) is 3.11. The number of imidazole rings is 1. The van der Waals surface area contributed by atoms with E-state index in [1.165, 1.54) is 6.42 Å². The maximum Gasteiger partial charge on any atom is 0.252 e. The molecule has 6 nitrogen and oxygen atoms in total. The zero-order valence-corrected chi connectivity index (χ0v) is 17.3. The van der Waals surface area contributed by atoms with E-state index in [0.717, 1.165) is 62.1 Å². The molecule has 0 bridgehead atoms. The van der Waals surface area contributed by atoms with Crippen LogP contribution in [0.1, 0.15) is 74.8 Å². The number of hydrogen-bond donors (Lipinski definition) is 1. The summed E-state index contributed by atoms with van der Waals surface area (Å²) >= 11 is 0. The molecule has 1 fully saturated rings. The molecule has 6 heteroatoms. The molecular weight excluding hydrogens is 352 g/mol. The van der Waals surface area contributed by atoms with E-state index in [-0.39, 0.29) is 17.7 Å². The number of fused-ring (bicyclic) bond motifs is 1. The highest BCUT2D eigenvalue weighted by Gasteiger charge is 2.28. The summed E-state index contributed by atoms with van der Waals surface area (Å²) in [5.41, 5.74) is 2.24. The minimum Gasteiger partial charge on any atom is -0.352 e. The molecule has 1 N–H and O–H groups in total. The van der Waals surface area contributed by atoms with Gasteiger partial charge in [-0.25, -0.2) is 4.98 Å². The van der Waals surface area contributed by atoms with Gasteiger partial charge in [-0.1, -0.05) is 39.5 Å². The average molecular weight is 385 g/mol. The number of carbonyl (C=O) groups excluding carboxylic acids is 2. The Hall–Kier alpha value is -2.37. The Kier molecular flexibility index (Phi) is 6.70. The molecule has 28 heavy (non-hydrogen) atoms. The highest BCUT2D eigenvalue weighted by molar-refractivity contribution is 5.96. The molecule has 1 aliphatic rings. The summed E-state index contributed by atoms with van der Waals surface area (Å²) in [6.45, 7) is 4.81. The molecule has 0 saturated heterocycles. The van der Waals surface area contributed by atoms with Crippen LogP contribution in [0.2, 0.25) is 0 Å². The Morgan fingerprint density at radius 1 is 1.21 bits per heavy atom. The van der Waals surface area contributed by atoms with Crippen molar-refractivity contribution in [2.75, 3.05) is 18.5 Å². The van der Waals surface area contributed by atoms with Gasteiger partial charge >= 0.3 is 0 Å². The standard InChI is InChI=1S/C22H32N4O2/c1-4-6-14-23-20(27)17-12-13-19-24-18(5-2)21(26(19)15-17)25(3)22(28)16-10-8-7-9-11-16/h12-13,15-16H,4-11,14H2,1-3H3,(H,23,27). The lowest BCUT2D eigenvalue weighted by atomic mass is 9.88. The zero-order valence-electron chi connectivity index (χ0n) is 17.3. The lowest BCUT2D eigenvalue weighted by molar-refractivity contribution is -0.123. The number of unbranched alkanes of at least 4 members (excludes halogenated alkanes) is 1. The van der Waals surface area contributed by atoms with Crippen LogP contribution < -0.4 is 10.2 Å². The van der Waals surface area contributed by atoms with E-state index in [9.17, 15) is 9.59 Å². The molecule has 152 valence electrons. The number of nitrogens with zero attached hydrogens (tertiary/aromatic N) is 3. The lowest BCUT2D eigenvalue weighted by Crippen LogP contribution is -2.35. The van der Waals surface area contributed by atoms with Gasteiger partial charge in [0.15, 0.2) is 0 Å². The number of rotatable bonds is 7. The van der Waals surface area contributed by atoms with Crippen molar-refractivity contribution in [1.82, 2.24) is 14.7 Å². The SMILES string of the molecule is CCCCNC(=O)c1ccc2nc(CC)c(N(C)C(=O)C3CCCCC3)n2c1. The van der Waals surface area contributed by atoms with Crippen molar-refractivity contribution in [2.45, 2.75) is 65.2 Å². The van der Waals surface area contributed by atoms with E-state index in [0.29, 0.717) is 12.1 Å². The van der Waals surface area contributed by atoms with Crippen molar-refractivity contribution >= 4 is 23.3 Å². The maximum absolute atomic E-state index is 13.1. The predicted octanol–water partition coefficient (Wildman–Crippen LogP) is 3.97. The van der Waals surface area contributed by atoms with Crippen molar-refractivity contribution in [3.8, 4) is 0 Å². The van der Waals surface area contributed by atoms with Gasteiger partial charge in [-0.15, -0.1) is 0 Å². The first kappa shape index (κ1) is 20.4. The molecule has 1 aliphatic carbocycles. The number of aromatic nitrogens is 2. The van der Waals surface area contributed by atoms with Crippen molar-refractivity contribution in [2.24, 2.45) is 5.92 Å². The molecule has 3 rings (SSSR count). The first-order chi connectivity index (χ1) is 13.6. The highest BCUT2D eigenvalue weighted by Crippen LogP contribution is 2.29. The van der Waals surface area contributed by atoms with Gasteiger partial charge in [-0.05, 0) is 37.8 Å². The topological polar surface area (TPSA) is 66.7 Å². The van der Waals surface area contributed by atoms with Gasteiger partial charge in [0.05, 0.1) is 11.3 Å². The number of anilines is 1. The molecule has 0 spiro atoms. The summed E-state index contributed by atoms with van der Waals surface area (Å²) in [5.74, 6) is 0.953. The first-order valence-corrected chi connectivity index (χ1v) is 10.6. The molecule has 0 atom stereocenters. The number of hydrogen-bond acceptors (Lipinski definition) is 3. The molecule has 2 aromatic heterocycles. The molecule has 2 heterocycles. The van der Waals surface area contributed by atoms with Crippen molar-refractivity contribution in [1.29, 1.82) is 0 Å². The van der Waals surface area contributed by atoms with E-state index in [1.807, 2.05) is 30.6 Å². The number of carbonyl (C=O) groups is 2. The summed E-state index contributed by atoms with van der Waals surface area (Å²) in [6.07, 6.45) is 9.95. The predicted molar refractivity (Wildman–Crippen MR) is 112 cm³/mol. The Balaban J connectivity index is 1.92. The summed E-state index contributed by atoms with van der Waals surface area (Å²) in [7, 11) is 1.84. The smallest absolute Gasteiger partial charge is 0.252 e. The van der Waals surface area contributed by atoms with E-state index in [2.05, 4.69) is 12.2 Å². The second-order valence-electron chi connectivity index (χ2n) is 7.72. The maximum atomic E-state index is 13.1. The third-order valence-electron chi connectivity index (χ3n) is 5.68. The molecule has 1 saturated carbocycles. The van der Waals surface area contributed by atoms with Crippen LogP contribution in [0.5, 0.6) is 0 Å².